The van der Waals surface area contributed by atoms with Crippen molar-refractivity contribution in [1.82, 2.24) is 0 Å². The fourth-order valence-corrected chi connectivity index (χ4v) is 1.48. The third kappa shape index (κ3) is 4.06. The minimum atomic E-state index is -0.921. The Balaban J connectivity index is 2.93. The molecule has 1 rings (SSSR count). The molecule has 2 nitrogen and oxygen atoms in total. The molecule has 0 spiro atoms. The number of hydrogen-bond acceptors (Lipinski definition) is 2. The smallest absolute Gasteiger partial charge is 0.307 e. The van der Waals surface area contributed by atoms with Crippen molar-refractivity contribution in [2.45, 2.75) is 12.8 Å². The highest BCUT2D eigenvalue weighted by atomic mass is 32.1. The van der Waals surface area contributed by atoms with Crippen molar-refractivity contribution in [2.24, 2.45) is 0 Å². The molecule has 16 heavy (non-hydrogen) atoms. The summed E-state index contributed by atoms with van der Waals surface area (Å²) in [7, 11) is 0. The highest BCUT2D eigenvalue weighted by Gasteiger charge is 2.05. The van der Waals surface area contributed by atoms with Crippen LogP contribution in [0.2, 0.25) is 0 Å². The van der Waals surface area contributed by atoms with E-state index in [1.165, 1.54) is 18.2 Å². The van der Waals surface area contributed by atoms with Crippen LogP contribution in [-0.2, 0) is 11.2 Å². The van der Waals surface area contributed by atoms with E-state index in [0.29, 0.717) is 16.9 Å². The summed E-state index contributed by atoms with van der Waals surface area (Å²) in [6, 6.07) is 4.12. The van der Waals surface area contributed by atoms with Crippen LogP contribution in [-0.4, -0.2) is 16.8 Å². The summed E-state index contributed by atoms with van der Waals surface area (Å²) in [5.74, 6) is -0.574. The Morgan fingerprint density at radius 2 is 2.25 bits per heavy atom. The molecular formula is C12H13FO2S. The monoisotopic (exact) mass is 240 g/mol. The van der Waals surface area contributed by atoms with Gasteiger partial charge in [-0.1, -0.05) is 18.2 Å². The summed E-state index contributed by atoms with van der Waals surface area (Å²) in [5.41, 5.74) is 1.23. The number of halogens is 1. The van der Waals surface area contributed by atoms with Crippen molar-refractivity contribution >= 4 is 24.7 Å². The molecule has 1 N–H and O–H groups in total. The fraction of sp³-hybridized carbons (Fsp3) is 0.250. The molecule has 0 aromatic heterocycles. The van der Waals surface area contributed by atoms with Crippen LogP contribution in [0.4, 0.5) is 4.39 Å². The number of carboxylic acids is 1. The van der Waals surface area contributed by atoms with E-state index < -0.39 is 5.97 Å². The Kier molecular flexibility index (Phi) is 5.05. The molecule has 0 bridgehead atoms. The second-order valence-electron chi connectivity index (χ2n) is 3.33. The molecule has 0 aliphatic carbocycles. The maximum absolute atomic E-state index is 13.0. The average Bonchev–Trinajstić information content (AvgIpc) is 2.22. The third-order valence-electron chi connectivity index (χ3n) is 2.04. The highest BCUT2D eigenvalue weighted by Crippen LogP contribution is 2.14. The average molecular weight is 240 g/mol. The summed E-state index contributed by atoms with van der Waals surface area (Å²) in [5, 5.41) is 8.70. The van der Waals surface area contributed by atoms with Gasteiger partial charge in [0.2, 0.25) is 0 Å². The molecule has 1 aromatic carbocycles. The van der Waals surface area contributed by atoms with Crippen LogP contribution in [0.25, 0.3) is 6.08 Å². The van der Waals surface area contributed by atoms with Gasteiger partial charge >= 0.3 is 5.97 Å². The lowest BCUT2D eigenvalue weighted by Gasteiger charge is -2.03. The normalized spacial score (nSPS) is 10.9. The summed E-state index contributed by atoms with van der Waals surface area (Å²) < 4.78 is 13.0. The van der Waals surface area contributed by atoms with Crippen LogP contribution in [0.5, 0.6) is 0 Å². The first-order chi connectivity index (χ1) is 7.63. The second kappa shape index (κ2) is 6.33. The van der Waals surface area contributed by atoms with Crippen LogP contribution in [0.1, 0.15) is 17.5 Å². The van der Waals surface area contributed by atoms with Gasteiger partial charge in [0.1, 0.15) is 5.82 Å². The number of hydrogen-bond donors (Lipinski definition) is 2. The summed E-state index contributed by atoms with van der Waals surface area (Å²) in [4.78, 5) is 10.6. The van der Waals surface area contributed by atoms with E-state index in [1.54, 1.807) is 6.08 Å². The van der Waals surface area contributed by atoms with Gasteiger partial charge < -0.3 is 5.11 Å². The van der Waals surface area contributed by atoms with Crippen molar-refractivity contribution < 1.29 is 14.3 Å². The van der Waals surface area contributed by atoms with Gasteiger partial charge in [-0.15, -0.1) is 0 Å². The lowest BCUT2D eigenvalue weighted by atomic mass is 10.0. The molecule has 86 valence electrons. The van der Waals surface area contributed by atoms with Gasteiger partial charge in [-0.05, 0) is 35.4 Å². The molecule has 0 saturated carbocycles. The van der Waals surface area contributed by atoms with Crippen molar-refractivity contribution in [3.8, 4) is 0 Å². The Morgan fingerprint density at radius 1 is 1.50 bits per heavy atom. The summed E-state index contributed by atoms with van der Waals surface area (Å²) in [6.45, 7) is 0. The van der Waals surface area contributed by atoms with Crippen LogP contribution in [0.15, 0.2) is 24.3 Å². The largest absolute Gasteiger partial charge is 0.481 e. The van der Waals surface area contributed by atoms with Crippen molar-refractivity contribution in [2.75, 3.05) is 5.75 Å². The molecule has 0 radical (unpaired) electrons. The third-order valence-corrected chi connectivity index (χ3v) is 2.30. The molecule has 0 atom stereocenters. The minimum absolute atomic E-state index is 0.0964. The second-order valence-corrected chi connectivity index (χ2v) is 3.78. The van der Waals surface area contributed by atoms with Crippen LogP contribution in [0, 0.1) is 5.82 Å². The topological polar surface area (TPSA) is 37.3 Å². The maximum Gasteiger partial charge on any atom is 0.307 e. The van der Waals surface area contributed by atoms with Gasteiger partial charge in [0.15, 0.2) is 0 Å². The SMILES string of the molecule is O=C(O)Cc1ccc(F)cc1C=CCCS. The minimum Gasteiger partial charge on any atom is -0.481 e. The fourth-order valence-electron chi connectivity index (χ4n) is 1.33. The molecule has 1 aromatic rings. The molecule has 4 heteroatoms. The van der Waals surface area contributed by atoms with Gasteiger partial charge in [0, 0.05) is 0 Å². The van der Waals surface area contributed by atoms with E-state index in [1.807, 2.05) is 6.08 Å². The number of rotatable bonds is 5. The Hall–Kier alpha value is -1.29. The number of thiol groups is 1. The van der Waals surface area contributed by atoms with Crippen LogP contribution in [0.3, 0.4) is 0 Å². The van der Waals surface area contributed by atoms with E-state index in [9.17, 15) is 9.18 Å². The molecule has 0 unspecified atom stereocenters. The zero-order valence-corrected chi connectivity index (χ0v) is 9.58. The van der Waals surface area contributed by atoms with Gasteiger partial charge in [-0.2, -0.15) is 12.6 Å². The Morgan fingerprint density at radius 3 is 2.88 bits per heavy atom. The summed E-state index contributed by atoms with van der Waals surface area (Å²) >= 11 is 4.05. The number of benzene rings is 1. The number of allylic oxidation sites excluding steroid dienone is 1. The molecule has 0 aliphatic heterocycles. The van der Waals surface area contributed by atoms with E-state index in [0.717, 1.165) is 6.42 Å². The highest BCUT2D eigenvalue weighted by molar-refractivity contribution is 7.80. The number of aliphatic carboxylic acids is 1. The molecule has 0 saturated heterocycles. The molecular weight excluding hydrogens is 227 g/mol. The van der Waals surface area contributed by atoms with E-state index >= 15 is 0 Å². The molecule has 0 heterocycles. The van der Waals surface area contributed by atoms with Gasteiger partial charge in [-0.3, -0.25) is 4.79 Å². The van der Waals surface area contributed by atoms with Crippen molar-refractivity contribution in [3.63, 3.8) is 0 Å². The standard InChI is InChI=1S/C12H13FO2S/c13-11-5-4-10(8-12(14)15)9(7-11)3-1-2-6-16/h1,3-5,7,16H,2,6,8H2,(H,14,15). The first-order valence-electron chi connectivity index (χ1n) is 4.91. The summed E-state index contributed by atoms with van der Waals surface area (Å²) in [6.07, 6.45) is 4.26. The number of carbonyl (C=O) groups is 1. The first kappa shape index (κ1) is 12.8. The lowest BCUT2D eigenvalue weighted by Crippen LogP contribution is -2.02. The number of carboxylic acid groups (broad SMARTS) is 1. The quantitative estimate of drug-likeness (QED) is 0.776. The predicted octanol–water partition coefficient (Wildman–Crippen LogP) is 2.79. The van der Waals surface area contributed by atoms with Gasteiger partial charge in [0.25, 0.3) is 0 Å². The molecule has 0 amide bonds. The van der Waals surface area contributed by atoms with Crippen molar-refractivity contribution in [1.29, 1.82) is 0 Å². The van der Waals surface area contributed by atoms with E-state index in [4.69, 9.17) is 5.11 Å². The Bertz CT molecular complexity index is 402. The van der Waals surface area contributed by atoms with E-state index in [2.05, 4.69) is 12.6 Å². The van der Waals surface area contributed by atoms with Crippen LogP contribution >= 0.6 is 12.6 Å². The molecule has 0 fully saturated rings. The lowest BCUT2D eigenvalue weighted by molar-refractivity contribution is -0.136. The van der Waals surface area contributed by atoms with Crippen LogP contribution < -0.4 is 0 Å². The Labute approximate surface area is 99.2 Å². The van der Waals surface area contributed by atoms with Gasteiger partial charge in [-0.25, -0.2) is 4.39 Å². The van der Waals surface area contributed by atoms with E-state index in [-0.39, 0.29) is 12.2 Å². The maximum atomic E-state index is 13.0. The zero-order chi connectivity index (χ0) is 12.0. The first-order valence-corrected chi connectivity index (χ1v) is 5.54. The predicted molar refractivity (Wildman–Crippen MR) is 65.2 cm³/mol. The van der Waals surface area contributed by atoms with Gasteiger partial charge in [0.05, 0.1) is 6.42 Å². The van der Waals surface area contributed by atoms with Crippen molar-refractivity contribution in [3.05, 3.63) is 41.2 Å². The zero-order valence-electron chi connectivity index (χ0n) is 8.69. The molecule has 0 aliphatic rings.